The summed E-state index contributed by atoms with van der Waals surface area (Å²) in [6.07, 6.45) is 0. The zero-order chi connectivity index (χ0) is 9.84. The first-order valence-corrected chi connectivity index (χ1v) is 4.75. The maximum Gasteiger partial charge on any atom is 2.00 e. The van der Waals surface area contributed by atoms with Crippen LogP contribution in [0.2, 0.25) is 0 Å². The molecule has 1 aromatic rings. The summed E-state index contributed by atoms with van der Waals surface area (Å²) in [7, 11) is 4.16. The zero-order valence-corrected chi connectivity index (χ0v) is 13.0. The second-order valence-corrected chi connectivity index (χ2v) is 4.04. The molecule has 1 aromatic carbocycles. The van der Waals surface area contributed by atoms with E-state index in [2.05, 4.69) is 51.0 Å². The van der Waals surface area contributed by atoms with Gasteiger partial charge >= 0.3 is 23.1 Å². The smallest absolute Gasteiger partial charge is 1.00 e. The van der Waals surface area contributed by atoms with Crippen LogP contribution in [0.3, 0.4) is 0 Å². The number of halogens is 1. The molecular formula is C12H18BrMgN. The van der Waals surface area contributed by atoms with Gasteiger partial charge in [0.2, 0.25) is 0 Å². The fourth-order valence-corrected chi connectivity index (χ4v) is 1.33. The topological polar surface area (TPSA) is 3.24 Å². The molecule has 0 amide bonds. The van der Waals surface area contributed by atoms with E-state index in [4.69, 9.17) is 0 Å². The van der Waals surface area contributed by atoms with E-state index in [0.29, 0.717) is 5.92 Å². The third-order valence-electron chi connectivity index (χ3n) is 2.04. The van der Waals surface area contributed by atoms with Crippen LogP contribution in [-0.4, -0.2) is 42.0 Å². The van der Waals surface area contributed by atoms with Crippen LogP contribution in [0, 0.1) is 6.07 Å². The van der Waals surface area contributed by atoms with E-state index in [-0.39, 0.29) is 40.0 Å². The Labute approximate surface area is 120 Å². The van der Waals surface area contributed by atoms with Gasteiger partial charge < -0.3 is 21.9 Å². The van der Waals surface area contributed by atoms with Gasteiger partial charge in [0.1, 0.15) is 0 Å². The standard InChI is InChI=1S/C12H18N.BrH.Mg/c1-10(2)12-7-5-6-11(8-12)9-13(3)4;;/h5,7-8,10H,9H2,1-4H3;1H;/q-1;;+2/p-1. The molecule has 0 fully saturated rings. The van der Waals surface area contributed by atoms with Crippen molar-refractivity contribution in [3.63, 3.8) is 0 Å². The average Bonchev–Trinajstić information content (AvgIpc) is 2.03. The maximum atomic E-state index is 3.25. The van der Waals surface area contributed by atoms with Crippen LogP contribution >= 0.6 is 0 Å². The summed E-state index contributed by atoms with van der Waals surface area (Å²) in [6.45, 7) is 5.41. The predicted octanol–water partition coefficient (Wildman–Crippen LogP) is -0.705. The molecule has 3 heteroatoms. The minimum Gasteiger partial charge on any atom is -1.00 e. The molecule has 15 heavy (non-hydrogen) atoms. The van der Waals surface area contributed by atoms with E-state index in [1.807, 2.05) is 6.07 Å². The van der Waals surface area contributed by atoms with Crippen molar-refractivity contribution >= 4 is 23.1 Å². The van der Waals surface area contributed by atoms with Crippen LogP contribution in [-0.2, 0) is 6.54 Å². The Balaban J connectivity index is 0. The van der Waals surface area contributed by atoms with E-state index in [1.165, 1.54) is 11.1 Å². The SMILES string of the molecule is CC(C)c1cc[c-]c(CN(C)C)c1.[Br-].[Mg+2]. The molecule has 80 valence electrons. The van der Waals surface area contributed by atoms with Crippen LogP contribution in [0.4, 0.5) is 0 Å². The normalized spacial score (nSPS) is 9.73. The van der Waals surface area contributed by atoms with E-state index >= 15 is 0 Å². The first kappa shape index (κ1) is 17.8. The molecule has 0 saturated carbocycles. The van der Waals surface area contributed by atoms with Crippen LogP contribution in [0.1, 0.15) is 30.9 Å². The molecule has 0 aliphatic rings. The van der Waals surface area contributed by atoms with E-state index < -0.39 is 0 Å². The summed E-state index contributed by atoms with van der Waals surface area (Å²) in [5.41, 5.74) is 2.67. The largest absolute Gasteiger partial charge is 2.00 e. The Morgan fingerprint density at radius 3 is 2.40 bits per heavy atom. The molecule has 0 aromatic heterocycles. The molecule has 0 saturated heterocycles. The summed E-state index contributed by atoms with van der Waals surface area (Å²) in [6, 6.07) is 9.66. The van der Waals surface area contributed by atoms with Crippen molar-refractivity contribution in [1.29, 1.82) is 0 Å². The van der Waals surface area contributed by atoms with E-state index in [1.54, 1.807) is 0 Å². The number of rotatable bonds is 3. The van der Waals surface area contributed by atoms with Crippen molar-refractivity contribution < 1.29 is 17.0 Å². The molecule has 0 unspecified atom stereocenters. The Morgan fingerprint density at radius 1 is 1.33 bits per heavy atom. The van der Waals surface area contributed by atoms with Gasteiger partial charge in [0.25, 0.3) is 0 Å². The second-order valence-electron chi connectivity index (χ2n) is 4.04. The fourth-order valence-electron chi connectivity index (χ4n) is 1.33. The number of nitrogens with zero attached hydrogens (tertiary/aromatic N) is 1. The Morgan fingerprint density at radius 2 is 1.93 bits per heavy atom. The quantitative estimate of drug-likeness (QED) is 0.523. The number of benzene rings is 1. The first-order valence-electron chi connectivity index (χ1n) is 4.75. The summed E-state index contributed by atoms with van der Waals surface area (Å²) < 4.78 is 0. The van der Waals surface area contributed by atoms with Crippen molar-refractivity contribution in [2.75, 3.05) is 14.1 Å². The van der Waals surface area contributed by atoms with Crippen LogP contribution in [0.25, 0.3) is 0 Å². The van der Waals surface area contributed by atoms with Gasteiger partial charge in [-0.05, 0) is 20.0 Å². The molecule has 0 aliphatic heterocycles. The van der Waals surface area contributed by atoms with Crippen molar-refractivity contribution in [2.45, 2.75) is 26.3 Å². The van der Waals surface area contributed by atoms with Gasteiger partial charge in [0, 0.05) is 6.54 Å². The third kappa shape index (κ3) is 6.56. The van der Waals surface area contributed by atoms with Crippen LogP contribution in [0.15, 0.2) is 18.2 Å². The average molecular weight is 280 g/mol. The summed E-state index contributed by atoms with van der Waals surface area (Å²) in [4.78, 5) is 2.16. The van der Waals surface area contributed by atoms with Crippen LogP contribution < -0.4 is 17.0 Å². The minimum absolute atomic E-state index is 0. The van der Waals surface area contributed by atoms with Gasteiger partial charge in [0.15, 0.2) is 0 Å². The van der Waals surface area contributed by atoms with Crippen molar-refractivity contribution in [3.05, 3.63) is 35.4 Å². The molecule has 0 spiro atoms. The predicted molar refractivity (Wildman–Crippen MR) is 62.5 cm³/mol. The number of hydrogen-bond donors (Lipinski definition) is 0. The first-order chi connectivity index (χ1) is 6.09. The maximum absolute atomic E-state index is 3.25. The monoisotopic (exact) mass is 279 g/mol. The van der Waals surface area contributed by atoms with Crippen LogP contribution in [0.5, 0.6) is 0 Å². The van der Waals surface area contributed by atoms with E-state index in [0.717, 1.165) is 6.54 Å². The van der Waals surface area contributed by atoms with Gasteiger partial charge in [-0.25, -0.2) is 0 Å². The van der Waals surface area contributed by atoms with Gasteiger partial charge in [-0.15, -0.1) is 5.56 Å². The van der Waals surface area contributed by atoms with Gasteiger partial charge in [0.05, 0.1) is 0 Å². The van der Waals surface area contributed by atoms with E-state index in [9.17, 15) is 0 Å². The summed E-state index contributed by atoms with van der Waals surface area (Å²) >= 11 is 0. The molecule has 1 rings (SSSR count). The Bertz CT molecular complexity index is 274. The number of hydrogen-bond acceptors (Lipinski definition) is 1. The molecule has 0 bridgehead atoms. The van der Waals surface area contributed by atoms with Gasteiger partial charge in [-0.3, -0.25) is 0 Å². The summed E-state index contributed by atoms with van der Waals surface area (Å²) in [5.74, 6) is 0.607. The second kappa shape index (κ2) is 8.56. The van der Waals surface area contributed by atoms with Crippen molar-refractivity contribution in [3.8, 4) is 0 Å². The molecular weight excluding hydrogens is 262 g/mol. The molecule has 1 nitrogen and oxygen atoms in total. The zero-order valence-electron chi connectivity index (χ0n) is 10.0. The molecule has 0 aliphatic carbocycles. The fraction of sp³-hybridized carbons (Fsp3) is 0.500. The Kier molecular flexibility index (Phi) is 10.2. The molecule has 0 atom stereocenters. The summed E-state index contributed by atoms with van der Waals surface area (Å²) in [5, 5.41) is 0. The molecule has 0 N–H and O–H groups in total. The molecule has 0 heterocycles. The van der Waals surface area contributed by atoms with Crippen molar-refractivity contribution in [1.82, 2.24) is 4.90 Å². The Hall–Kier alpha value is 0.426. The van der Waals surface area contributed by atoms with Gasteiger partial charge in [-0.2, -0.15) is 29.8 Å². The van der Waals surface area contributed by atoms with Crippen molar-refractivity contribution in [2.24, 2.45) is 0 Å². The minimum atomic E-state index is 0. The third-order valence-corrected chi connectivity index (χ3v) is 2.04. The molecule has 0 radical (unpaired) electrons. The van der Waals surface area contributed by atoms with Gasteiger partial charge in [-0.1, -0.05) is 13.8 Å².